The van der Waals surface area contributed by atoms with Crippen LogP contribution < -0.4 is 26.5 Å². The molecule has 1 amide bonds. The van der Waals surface area contributed by atoms with Crippen LogP contribution in [-0.2, 0) is 7.05 Å². The Morgan fingerprint density at radius 2 is 1.82 bits per heavy atom. The van der Waals surface area contributed by atoms with Crippen LogP contribution in [0.3, 0.4) is 0 Å². The molecule has 0 radical (unpaired) electrons. The lowest BCUT2D eigenvalue weighted by Crippen LogP contribution is -2.32. The number of para-hydroxylation sites is 1. The largest absolute Gasteiger partial charge is 0.505 e. The van der Waals surface area contributed by atoms with Gasteiger partial charge in [-0.3, -0.25) is 24.2 Å². The number of aromatic nitrogens is 2. The molecular weight excluding hydrogens is 438 g/mol. The molecule has 0 saturated carbocycles. The van der Waals surface area contributed by atoms with Crippen molar-refractivity contribution in [3.63, 3.8) is 0 Å². The van der Waals surface area contributed by atoms with Crippen LogP contribution >= 0.6 is 0 Å². The van der Waals surface area contributed by atoms with Crippen LogP contribution in [0.1, 0.15) is 35.3 Å². The first-order valence-corrected chi connectivity index (χ1v) is 10.7. The number of aromatic amines is 1. The zero-order valence-electron chi connectivity index (χ0n) is 19.8. The molecule has 0 saturated heterocycles. The molecule has 1 atom stereocenters. The van der Waals surface area contributed by atoms with Crippen LogP contribution in [-0.4, -0.2) is 46.9 Å². The Labute approximate surface area is 196 Å². The van der Waals surface area contributed by atoms with E-state index in [9.17, 15) is 19.5 Å². The van der Waals surface area contributed by atoms with E-state index in [0.717, 1.165) is 10.2 Å². The topological polar surface area (TPSA) is 129 Å². The van der Waals surface area contributed by atoms with Gasteiger partial charge in [0.15, 0.2) is 5.75 Å². The van der Waals surface area contributed by atoms with Crippen LogP contribution in [0.25, 0.3) is 0 Å². The third kappa shape index (κ3) is 4.90. The van der Waals surface area contributed by atoms with Crippen molar-refractivity contribution in [3.8, 4) is 11.5 Å². The zero-order chi connectivity index (χ0) is 25.0. The molecule has 3 aromatic rings. The highest BCUT2D eigenvalue weighted by atomic mass is 16.5. The molecule has 0 aliphatic heterocycles. The van der Waals surface area contributed by atoms with Gasteiger partial charge in [0.05, 0.1) is 24.4 Å². The third-order valence-corrected chi connectivity index (χ3v) is 5.44. The highest BCUT2D eigenvalue weighted by Gasteiger charge is 2.21. The molecule has 1 heterocycles. The summed E-state index contributed by atoms with van der Waals surface area (Å²) in [6.45, 7) is 1.95. The fraction of sp³-hybridized carbons (Fsp3) is 0.292. The summed E-state index contributed by atoms with van der Waals surface area (Å²) >= 11 is 0. The van der Waals surface area contributed by atoms with Gasteiger partial charge in [0.2, 0.25) is 0 Å². The van der Waals surface area contributed by atoms with Crippen LogP contribution in [0.4, 0.5) is 17.1 Å². The van der Waals surface area contributed by atoms with Crippen LogP contribution in [0, 0.1) is 0 Å². The summed E-state index contributed by atoms with van der Waals surface area (Å²) in [7, 11) is 6.14. The number of ether oxygens (including phenoxy) is 1. The third-order valence-electron chi connectivity index (χ3n) is 5.44. The summed E-state index contributed by atoms with van der Waals surface area (Å²) in [5.41, 5.74) is 0.0204. The number of nitrogens with zero attached hydrogens (tertiary/aromatic N) is 2. The van der Waals surface area contributed by atoms with Gasteiger partial charge in [0.25, 0.3) is 17.0 Å². The first-order valence-electron chi connectivity index (χ1n) is 10.7. The van der Waals surface area contributed by atoms with Crippen molar-refractivity contribution in [2.24, 2.45) is 7.05 Å². The molecular formula is C24H29N5O5. The molecule has 34 heavy (non-hydrogen) atoms. The van der Waals surface area contributed by atoms with Crippen molar-refractivity contribution in [1.29, 1.82) is 0 Å². The molecule has 0 spiro atoms. The maximum absolute atomic E-state index is 13.0. The van der Waals surface area contributed by atoms with Gasteiger partial charge in [-0.05, 0) is 36.2 Å². The lowest BCUT2D eigenvalue weighted by molar-refractivity contribution is 0.0824. The Bertz CT molecular complexity index is 1290. The second-order valence-electron chi connectivity index (χ2n) is 7.96. The van der Waals surface area contributed by atoms with Gasteiger partial charge >= 0.3 is 0 Å². The average molecular weight is 468 g/mol. The number of benzene rings is 2. The summed E-state index contributed by atoms with van der Waals surface area (Å²) in [5, 5.41) is 19.2. The van der Waals surface area contributed by atoms with E-state index in [1.165, 1.54) is 24.1 Å². The second-order valence-corrected chi connectivity index (χ2v) is 7.96. The number of H-pyrrole nitrogens is 1. The van der Waals surface area contributed by atoms with Crippen LogP contribution in [0.15, 0.2) is 52.1 Å². The van der Waals surface area contributed by atoms with Crippen molar-refractivity contribution >= 4 is 23.0 Å². The Morgan fingerprint density at radius 1 is 1.15 bits per heavy atom. The van der Waals surface area contributed by atoms with Crippen molar-refractivity contribution < 1.29 is 14.6 Å². The van der Waals surface area contributed by atoms with E-state index < -0.39 is 17.0 Å². The Balaban J connectivity index is 2.06. The number of aryl methyl sites for hydroxylation is 1. The Kier molecular flexibility index (Phi) is 7.30. The number of nitrogens with one attached hydrogen (secondary N) is 3. The summed E-state index contributed by atoms with van der Waals surface area (Å²) in [4.78, 5) is 39.6. The SMILES string of the molecule is CCC(Nc1c(Nc2cccc(C(=O)N(C)C)c2O)c(=O)n(C)[nH]c1=O)c1ccc(OC)cc1. The maximum atomic E-state index is 13.0. The fourth-order valence-corrected chi connectivity index (χ4v) is 3.52. The molecule has 0 bridgehead atoms. The van der Waals surface area contributed by atoms with Gasteiger partial charge in [0, 0.05) is 21.1 Å². The van der Waals surface area contributed by atoms with Crippen molar-refractivity contribution in [2.75, 3.05) is 31.8 Å². The second kappa shape index (κ2) is 10.2. The number of carbonyl (C=O) groups excluding carboxylic acids is 1. The molecule has 1 aromatic heterocycles. The molecule has 4 N–H and O–H groups in total. The Morgan fingerprint density at radius 3 is 2.41 bits per heavy atom. The predicted molar refractivity (Wildman–Crippen MR) is 131 cm³/mol. The number of carbonyl (C=O) groups is 1. The molecule has 0 aliphatic rings. The van der Waals surface area contributed by atoms with Crippen LogP contribution in [0.5, 0.6) is 11.5 Å². The first-order chi connectivity index (χ1) is 16.2. The highest BCUT2D eigenvalue weighted by molar-refractivity contribution is 5.98. The van der Waals surface area contributed by atoms with Crippen molar-refractivity contribution in [1.82, 2.24) is 14.7 Å². The molecule has 3 rings (SSSR count). The number of aromatic hydroxyl groups is 1. The molecule has 0 fully saturated rings. The quantitative estimate of drug-likeness (QED) is 0.375. The molecule has 180 valence electrons. The first kappa shape index (κ1) is 24.4. The van der Waals surface area contributed by atoms with E-state index in [1.54, 1.807) is 27.3 Å². The minimum absolute atomic E-state index is 0.0227. The molecule has 2 aromatic carbocycles. The number of hydrogen-bond donors (Lipinski definition) is 4. The highest BCUT2D eigenvalue weighted by Crippen LogP contribution is 2.32. The minimum atomic E-state index is -0.518. The maximum Gasteiger partial charge on any atom is 0.290 e. The van der Waals surface area contributed by atoms with E-state index in [0.29, 0.717) is 12.2 Å². The molecule has 10 heteroatoms. The predicted octanol–water partition coefficient (Wildman–Crippen LogP) is 2.80. The number of methoxy groups -OCH3 is 1. The van der Waals surface area contributed by atoms with E-state index in [4.69, 9.17) is 4.74 Å². The monoisotopic (exact) mass is 467 g/mol. The van der Waals surface area contributed by atoms with E-state index in [2.05, 4.69) is 15.7 Å². The molecule has 1 unspecified atom stereocenters. The number of anilines is 3. The smallest absolute Gasteiger partial charge is 0.290 e. The number of phenolic OH excluding ortho intramolecular Hbond substituents is 1. The number of hydrogen-bond acceptors (Lipinski definition) is 7. The number of phenols is 1. The summed E-state index contributed by atoms with van der Waals surface area (Å²) in [6.07, 6.45) is 0.624. The van der Waals surface area contributed by atoms with Gasteiger partial charge in [0.1, 0.15) is 17.1 Å². The Hall–Kier alpha value is -4.21. The van der Waals surface area contributed by atoms with Gasteiger partial charge < -0.3 is 25.4 Å². The zero-order valence-corrected chi connectivity index (χ0v) is 19.8. The molecule has 0 aliphatic carbocycles. The number of rotatable bonds is 8. The van der Waals surface area contributed by atoms with E-state index >= 15 is 0 Å². The lowest BCUT2D eigenvalue weighted by Gasteiger charge is -2.21. The lowest BCUT2D eigenvalue weighted by atomic mass is 10.0. The van der Waals surface area contributed by atoms with Crippen molar-refractivity contribution in [3.05, 3.63) is 74.3 Å². The van der Waals surface area contributed by atoms with Gasteiger partial charge in [-0.2, -0.15) is 0 Å². The van der Waals surface area contributed by atoms with Gasteiger partial charge in [-0.1, -0.05) is 25.1 Å². The van der Waals surface area contributed by atoms with Crippen LogP contribution in [0.2, 0.25) is 0 Å². The number of amides is 1. The van der Waals surface area contributed by atoms with E-state index in [-0.39, 0.29) is 34.4 Å². The standard InChI is InChI=1S/C24H29N5O5/c1-6-17(14-10-12-15(34-5)13-11-14)25-19-20(24(33)29(4)27-22(19)31)26-18-9-7-8-16(21(18)30)23(32)28(2)3/h7-13,17,25-26,30H,6H2,1-5H3,(H,27,31). The summed E-state index contributed by atoms with van der Waals surface area (Å²) in [6, 6.07) is 11.7. The van der Waals surface area contributed by atoms with E-state index in [1.807, 2.05) is 31.2 Å². The fourth-order valence-electron chi connectivity index (χ4n) is 3.52. The molecule has 10 nitrogen and oxygen atoms in total. The average Bonchev–Trinajstić information content (AvgIpc) is 2.83. The minimum Gasteiger partial charge on any atom is -0.505 e. The summed E-state index contributed by atoms with van der Waals surface area (Å²) in [5.74, 6) is -0.0180. The normalized spacial score (nSPS) is 11.6. The summed E-state index contributed by atoms with van der Waals surface area (Å²) < 4.78 is 6.26. The van der Waals surface area contributed by atoms with Crippen molar-refractivity contribution in [2.45, 2.75) is 19.4 Å². The van der Waals surface area contributed by atoms with Gasteiger partial charge in [-0.15, -0.1) is 0 Å². The van der Waals surface area contributed by atoms with Gasteiger partial charge in [-0.25, -0.2) is 0 Å².